The van der Waals surface area contributed by atoms with Gasteiger partial charge in [-0.25, -0.2) is 4.98 Å². The van der Waals surface area contributed by atoms with Crippen LogP contribution in [0.15, 0.2) is 42.9 Å². The fourth-order valence-corrected chi connectivity index (χ4v) is 2.82. The Balaban J connectivity index is 1.87. The third kappa shape index (κ3) is 2.51. The van der Waals surface area contributed by atoms with E-state index in [1.807, 2.05) is 17.0 Å². The Morgan fingerprint density at radius 1 is 1.25 bits per heavy atom. The lowest BCUT2D eigenvalue weighted by Gasteiger charge is -2.25. The highest BCUT2D eigenvalue weighted by Gasteiger charge is 2.30. The number of pyridine rings is 2. The minimum absolute atomic E-state index is 0.00797. The van der Waals surface area contributed by atoms with Gasteiger partial charge in [-0.05, 0) is 42.7 Å². The van der Waals surface area contributed by atoms with Gasteiger partial charge in [-0.3, -0.25) is 9.78 Å². The van der Waals surface area contributed by atoms with E-state index in [0.29, 0.717) is 10.7 Å². The molecule has 0 spiro atoms. The van der Waals surface area contributed by atoms with Crippen LogP contribution in [0.1, 0.15) is 34.8 Å². The van der Waals surface area contributed by atoms with Gasteiger partial charge in [0.2, 0.25) is 0 Å². The van der Waals surface area contributed by atoms with Gasteiger partial charge in [0, 0.05) is 30.7 Å². The molecule has 0 radical (unpaired) electrons. The van der Waals surface area contributed by atoms with Crippen molar-refractivity contribution in [2.24, 2.45) is 0 Å². The first-order valence-corrected chi connectivity index (χ1v) is 6.96. The molecule has 0 aromatic carbocycles. The maximum absolute atomic E-state index is 12.6. The summed E-state index contributed by atoms with van der Waals surface area (Å²) in [7, 11) is 0. The molecular formula is C15H14ClN3O. The molecule has 1 amide bonds. The van der Waals surface area contributed by atoms with E-state index in [0.717, 1.165) is 24.9 Å². The van der Waals surface area contributed by atoms with E-state index in [-0.39, 0.29) is 11.9 Å². The molecular weight excluding hydrogens is 274 g/mol. The van der Waals surface area contributed by atoms with Crippen molar-refractivity contribution in [2.45, 2.75) is 18.9 Å². The Morgan fingerprint density at radius 2 is 2.05 bits per heavy atom. The van der Waals surface area contributed by atoms with E-state index < -0.39 is 0 Å². The van der Waals surface area contributed by atoms with Crippen molar-refractivity contribution >= 4 is 17.5 Å². The zero-order valence-corrected chi connectivity index (χ0v) is 11.6. The smallest absolute Gasteiger partial charge is 0.254 e. The van der Waals surface area contributed by atoms with Crippen LogP contribution in [0.25, 0.3) is 0 Å². The lowest BCUT2D eigenvalue weighted by atomic mass is 10.1. The summed E-state index contributed by atoms with van der Waals surface area (Å²) in [6.07, 6.45) is 7.08. The normalized spacial score (nSPS) is 18.2. The van der Waals surface area contributed by atoms with Crippen LogP contribution >= 0.6 is 11.6 Å². The van der Waals surface area contributed by atoms with Crippen LogP contribution in [0.3, 0.4) is 0 Å². The van der Waals surface area contributed by atoms with E-state index in [1.165, 1.54) is 0 Å². The molecule has 1 atom stereocenters. The summed E-state index contributed by atoms with van der Waals surface area (Å²) in [5, 5.41) is 0.343. The lowest BCUT2D eigenvalue weighted by Crippen LogP contribution is -2.30. The maximum atomic E-state index is 12.6. The van der Waals surface area contributed by atoms with Crippen molar-refractivity contribution in [3.05, 3.63) is 59.1 Å². The summed E-state index contributed by atoms with van der Waals surface area (Å²) in [5.41, 5.74) is 1.72. The second kappa shape index (κ2) is 5.59. The molecule has 0 unspecified atom stereocenters. The molecule has 0 saturated carbocycles. The summed E-state index contributed by atoms with van der Waals surface area (Å²) in [6.45, 7) is 0.770. The molecule has 3 heterocycles. The fraction of sp³-hybridized carbons (Fsp3) is 0.267. The van der Waals surface area contributed by atoms with Crippen molar-refractivity contribution in [2.75, 3.05) is 6.54 Å². The van der Waals surface area contributed by atoms with Crippen molar-refractivity contribution < 1.29 is 4.79 Å². The highest BCUT2D eigenvalue weighted by molar-refractivity contribution is 6.29. The molecule has 2 aromatic heterocycles. The molecule has 4 nitrogen and oxygen atoms in total. The zero-order valence-electron chi connectivity index (χ0n) is 10.9. The molecule has 1 aliphatic heterocycles. The third-order valence-corrected chi connectivity index (χ3v) is 3.78. The molecule has 1 aliphatic rings. The molecule has 2 aromatic rings. The van der Waals surface area contributed by atoms with Crippen LogP contribution in [-0.4, -0.2) is 27.3 Å². The van der Waals surface area contributed by atoms with E-state index in [4.69, 9.17) is 11.6 Å². The Hall–Kier alpha value is -1.94. The number of carbonyl (C=O) groups excluding carboxylic acids is 1. The number of amides is 1. The average molecular weight is 288 g/mol. The standard InChI is InChI=1S/C15H14ClN3O/c16-14-10-12(5-8-18-14)15(20)19-9-1-2-13(19)11-3-6-17-7-4-11/h3-8,10,13H,1-2,9H2/t13-/m1/s1. The predicted octanol–water partition coefficient (Wildman–Crippen LogP) is 3.11. The number of hydrogen-bond donors (Lipinski definition) is 0. The summed E-state index contributed by atoms with van der Waals surface area (Å²) in [6, 6.07) is 7.38. The van der Waals surface area contributed by atoms with Crippen LogP contribution in [-0.2, 0) is 0 Å². The number of likely N-dealkylation sites (tertiary alicyclic amines) is 1. The molecule has 0 N–H and O–H groups in total. The molecule has 1 fully saturated rings. The van der Waals surface area contributed by atoms with Crippen molar-refractivity contribution in [3.63, 3.8) is 0 Å². The van der Waals surface area contributed by atoms with Crippen molar-refractivity contribution in [3.8, 4) is 0 Å². The van der Waals surface area contributed by atoms with E-state index in [9.17, 15) is 4.79 Å². The Bertz CT molecular complexity index is 618. The van der Waals surface area contributed by atoms with Gasteiger partial charge >= 0.3 is 0 Å². The van der Waals surface area contributed by atoms with Gasteiger partial charge in [0.05, 0.1) is 6.04 Å². The lowest BCUT2D eigenvalue weighted by molar-refractivity contribution is 0.0735. The maximum Gasteiger partial charge on any atom is 0.254 e. The van der Waals surface area contributed by atoms with Gasteiger partial charge in [-0.1, -0.05) is 11.6 Å². The summed E-state index contributed by atoms with van der Waals surface area (Å²) in [5.74, 6) is 0.00797. The van der Waals surface area contributed by atoms with Crippen LogP contribution < -0.4 is 0 Å². The largest absolute Gasteiger partial charge is 0.332 e. The first-order chi connectivity index (χ1) is 9.75. The summed E-state index contributed by atoms with van der Waals surface area (Å²) in [4.78, 5) is 22.5. The first kappa shape index (κ1) is 13.1. The molecule has 20 heavy (non-hydrogen) atoms. The van der Waals surface area contributed by atoms with Crippen LogP contribution in [0.5, 0.6) is 0 Å². The molecule has 3 rings (SSSR count). The molecule has 5 heteroatoms. The van der Waals surface area contributed by atoms with E-state index in [1.54, 1.807) is 30.7 Å². The molecule has 0 aliphatic carbocycles. The van der Waals surface area contributed by atoms with Gasteiger partial charge in [-0.15, -0.1) is 0 Å². The molecule has 102 valence electrons. The Morgan fingerprint density at radius 3 is 2.80 bits per heavy atom. The topological polar surface area (TPSA) is 46.1 Å². The first-order valence-electron chi connectivity index (χ1n) is 6.58. The van der Waals surface area contributed by atoms with Gasteiger partial charge in [0.15, 0.2) is 0 Å². The quantitative estimate of drug-likeness (QED) is 0.797. The number of rotatable bonds is 2. The minimum atomic E-state index is 0.00797. The number of carbonyl (C=O) groups is 1. The number of nitrogens with zero attached hydrogens (tertiary/aromatic N) is 3. The second-order valence-electron chi connectivity index (χ2n) is 4.80. The zero-order chi connectivity index (χ0) is 13.9. The predicted molar refractivity (Wildman–Crippen MR) is 76.5 cm³/mol. The van der Waals surface area contributed by atoms with Gasteiger partial charge in [0.25, 0.3) is 5.91 Å². The van der Waals surface area contributed by atoms with Crippen LogP contribution in [0, 0.1) is 0 Å². The number of hydrogen-bond acceptors (Lipinski definition) is 3. The average Bonchev–Trinajstić information content (AvgIpc) is 2.97. The minimum Gasteiger partial charge on any atom is -0.332 e. The fourth-order valence-electron chi connectivity index (χ4n) is 2.64. The van der Waals surface area contributed by atoms with Crippen LogP contribution in [0.4, 0.5) is 0 Å². The van der Waals surface area contributed by atoms with E-state index in [2.05, 4.69) is 9.97 Å². The SMILES string of the molecule is O=C(c1ccnc(Cl)c1)N1CCC[C@@H]1c1ccncc1. The van der Waals surface area contributed by atoms with Crippen molar-refractivity contribution in [1.29, 1.82) is 0 Å². The number of aromatic nitrogens is 2. The van der Waals surface area contributed by atoms with Crippen molar-refractivity contribution in [1.82, 2.24) is 14.9 Å². The summed E-state index contributed by atoms with van der Waals surface area (Å²) >= 11 is 5.86. The Labute approximate surface area is 122 Å². The van der Waals surface area contributed by atoms with Gasteiger partial charge < -0.3 is 4.90 Å². The Kier molecular flexibility index (Phi) is 3.65. The third-order valence-electron chi connectivity index (χ3n) is 3.58. The van der Waals surface area contributed by atoms with Gasteiger partial charge in [0.1, 0.15) is 5.15 Å². The highest BCUT2D eigenvalue weighted by atomic mass is 35.5. The summed E-state index contributed by atoms with van der Waals surface area (Å²) < 4.78 is 0. The van der Waals surface area contributed by atoms with E-state index >= 15 is 0 Å². The molecule has 1 saturated heterocycles. The monoisotopic (exact) mass is 287 g/mol. The van der Waals surface area contributed by atoms with Gasteiger partial charge in [-0.2, -0.15) is 0 Å². The highest BCUT2D eigenvalue weighted by Crippen LogP contribution is 2.32. The molecule has 0 bridgehead atoms. The second-order valence-corrected chi connectivity index (χ2v) is 5.19. The number of halogens is 1. The van der Waals surface area contributed by atoms with Crippen LogP contribution in [0.2, 0.25) is 5.15 Å².